The Bertz CT molecular complexity index is 654. The first kappa shape index (κ1) is 16.5. The summed E-state index contributed by atoms with van der Waals surface area (Å²) in [6, 6.07) is 16.0. The van der Waals surface area contributed by atoms with E-state index in [2.05, 4.69) is 10.6 Å². The van der Waals surface area contributed by atoms with Crippen LogP contribution in [0.2, 0.25) is 0 Å². The molecule has 2 aromatic rings. The lowest BCUT2D eigenvalue weighted by atomic mass is 10.1. The van der Waals surface area contributed by atoms with Gasteiger partial charge in [0.05, 0.1) is 6.61 Å². The summed E-state index contributed by atoms with van der Waals surface area (Å²) in [6.07, 6.45) is 0. The molecular formula is C18H20N2O3. The Kier molecular flexibility index (Phi) is 5.74. The average Bonchev–Trinajstić information content (AvgIpc) is 2.54. The number of benzene rings is 2. The number of hydrogen-bond acceptors (Lipinski definition) is 4. The molecule has 2 N–H and O–H groups in total. The van der Waals surface area contributed by atoms with Crippen LogP contribution in [0.5, 0.6) is 0 Å². The van der Waals surface area contributed by atoms with Crippen LogP contribution in [0.25, 0.3) is 0 Å². The van der Waals surface area contributed by atoms with Gasteiger partial charge in [0.25, 0.3) is 0 Å². The van der Waals surface area contributed by atoms with E-state index >= 15 is 0 Å². The molecule has 2 rings (SSSR count). The van der Waals surface area contributed by atoms with Gasteiger partial charge >= 0.3 is 5.97 Å². The first-order valence-electron chi connectivity index (χ1n) is 7.46. The molecule has 5 nitrogen and oxygen atoms in total. The van der Waals surface area contributed by atoms with E-state index in [1.165, 1.54) is 6.92 Å². The second kappa shape index (κ2) is 7.98. The molecule has 2 aromatic carbocycles. The van der Waals surface area contributed by atoms with Gasteiger partial charge in [-0.2, -0.15) is 0 Å². The zero-order valence-corrected chi connectivity index (χ0v) is 13.2. The van der Waals surface area contributed by atoms with Crippen LogP contribution >= 0.6 is 0 Å². The summed E-state index contributed by atoms with van der Waals surface area (Å²) in [5.41, 5.74) is 2.30. The third-order valence-corrected chi connectivity index (χ3v) is 3.17. The lowest BCUT2D eigenvalue weighted by molar-refractivity contribution is -0.144. The van der Waals surface area contributed by atoms with E-state index in [1.807, 2.05) is 30.3 Å². The van der Waals surface area contributed by atoms with Crippen LogP contribution in [0.4, 0.5) is 11.4 Å². The first-order chi connectivity index (χ1) is 11.1. The highest BCUT2D eigenvalue weighted by atomic mass is 16.5. The van der Waals surface area contributed by atoms with Gasteiger partial charge in [-0.1, -0.05) is 30.3 Å². The number of ether oxygens (including phenoxy) is 1. The Morgan fingerprint density at radius 1 is 1.00 bits per heavy atom. The fraction of sp³-hybridized carbons (Fsp3) is 0.222. The molecule has 0 unspecified atom stereocenters. The fourth-order valence-corrected chi connectivity index (χ4v) is 2.17. The topological polar surface area (TPSA) is 67.4 Å². The molecule has 1 amide bonds. The van der Waals surface area contributed by atoms with E-state index < -0.39 is 6.04 Å². The minimum absolute atomic E-state index is 0.126. The number of nitrogens with one attached hydrogen (secondary N) is 2. The van der Waals surface area contributed by atoms with Crippen LogP contribution in [0.3, 0.4) is 0 Å². The van der Waals surface area contributed by atoms with Crippen molar-refractivity contribution in [3.63, 3.8) is 0 Å². The minimum Gasteiger partial charge on any atom is -0.464 e. The highest BCUT2D eigenvalue weighted by molar-refractivity contribution is 5.89. The van der Waals surface area contributed by atoms with Gasteiger partial charge < -0.3 is 15.4 Å². The number of esters is 1. The number of hydrogen-bond donors (Lipinski definition) is 2. The van der Waals surface area contributed by atoms with Crippen molar-refractivity contribution in [3.05, 3.63) is 60.2 Å². The van der Waals surface area contributed by atoms with Gasteiger partial charge in [-0.25, -0.2) is 4.79 Å². The minimum atomic E-state index is -0.581. The number of anilines is 2. The molecule has 120 valence electrons. The van der Waals surface area contributed by atoms with Crippen molar-refractivity contribution in [2.45, 2.75) is 19.9 Å². The normalized spacial score (nSPS) is 11.4. The van der Waals surface area contributed by atoms with Crippen LogP contribution < -0.4 is 10.6 Å². The third kappa shape index (κ3) is 4.85. The van der Waals surface area contributed by atoms with Crippen molar-refractivity contribution in [1.82, 2.24) is 0 Å². The fourth-order valence-electron chi connectivity index (χ4n) is 2.17. The van der Waals surface area contributed by atoms with Crippen molar-refractivity contribution >= 4 is 23.3 Å². The number of carbonyl (C=O) groups is 2. The SMILES string of the molecule is CCOC(=O)[C@@H](Nc1ccc(NC(C)=O)cc1)c1ccccc1. The molecule has 0 aromatic heterocycles. The Labute approximate surface area is 135 Å². The van der Waals surface area contributed by atoms with Crippen LogP contribution in [0, 0.1) is 0 Å². The van der Waals surface area contributed by atoms with E-state index in [0.717, 1.165) is 11.3 Å². The van der Waals surface area contributed by atoms with Gasteiger partial charge in [0.2, 0.25) is 5.91 Å². The lowest BCUT2D eigenvalue weighted by Gasteiger charge is -2.19. The van der Waals surface area contributed by atoms with Crippen LogP contribution in [-0.4, -0.2) is 18.5 Å². The summed E-state index contributed by atoms with van der Waals surface area (Å²) >= 11 is 0. The van der Waals surface area contributed by atoms with Crippen LogP contribution in [-0.2, 0) is 14.3 Å². The first-order valence-corrected chi connectivity index (χ1v) is 7.46. The molecule has 0 radical (unpaired) electrons. The lowest BCUT2D eigenvalue weighted by Crippen LogP contribution is -2.23. The van der Waals surface area contributed by atoms with Crippen molar-refractivity contribution in [2.24, 2.45) is 0 Å². The smallest absolute Gasteiger partial charge is 0.333 e. The summed E-state index contributed by atoms with van der Waals surface area (Å²) in [4.78, 5) is 23.3. The molecule has 0 heterocycles. The Balaban J connectivity index is 2.17. The Morgan fingerprint density at radius 2 is 1.61 bits per heavy atom. The standard InChI is InChI=1S/C18H20N2O3/c1-3-23-18(22)17(14-7-5-4-6-8-14)20-16-11-9-15(10-12-16)19-13(2)21/h4-12,17,20H,3H2,1-2H3,(H,19,21)/t17-/m0/s1. The van der Waals surface area contributed by atoms with Gasteiger partial charge in [-0.05, 0) is 36.8 Å². The van der Waals surface area contributed by atoms with Gasteiger partial charge in [0.1, 0.15) is 0 Å². The molecular weight excluding hydrogens is 292 g/mol. The van der Waals surface area contributed by atoms with Gasteiger partial charge in [0, 0.05) is 18.3 Å². The van der Waals surface area contributed by atoms with E-state index in [4.69, 9.17) is 4.74 Å². The zero-order valence-electron chi connectivity index (χ0n) is 13.2. The second-order valence-corrected chi connectivity index (χ2v) is 5.00. The maximum absolute atomic E-state index is 12.2. The predicted octanol–water partition coefficient (Wildman–Crippen LogP) is 3.36. The molecule has 0 spiro atoms. The maximum atomic E-state index is 12.2. The number of carbonyl (C=O) groups excluding carboxylic acids is 2. The highest BCUT2D eigenvalue weighted by Gasteiger charge is 2.21. The van der Waals surface area contributed by atoms with Gasteiger partial charge in [-0.3, -0.25) is 4.79 Å². The molecule has 0 aliphatic heterocycles. The summed E-state index contributed by atoms with van der Waals surface area (Å²) in [5, 5.41) is 5.87. The van der Waals surface area contributed by atoms with E-state index in [9.17, 15) is 9.59 Å². The van der Waals surface area contributed by atoms with Crippen molar-refractivity contribution in [2.75, 3.05) is 17.2 Å². The van der Waals surface area contributed by atoms with Crippen molar-refractivity contribution in [3.8, 4) is 0 Å². The maximum Gasteiger partial charge on any atom is 0.333 e. The van der Waals surface area contributed by atoms with Crippen LogP contribution in [0.15, 0.2) is 54.6 Å². The summed E-state index contributed by atoms with van der Waals surface area (Å²) in [7, 11) is 0. The largest absolute Gasteiger partial charge is 0.464 e. The number of rotatable bonds is 6. The Hall–Kier alpha value is -2.82. The van der Waals surface area contributed by atoms with E-state index in [1.54, 1.807) is 31.2 Å². The monoisotopic (exact) mass is 312 g/mol. The van der Waals surface area contributed by atoms with E-state index in [-0.39, 0.29) is 11.9 Å². The molecule has 23 heavy (non-hydrogen) atoms. The summed E-state index contributed by atoms with van der Waals surface area (Å²) in [5.74, 6) is -0.455. The predicted molar refractivity (Wildman–Crippen MR) is 90.2 cm³/mol. The third-order valence-electron chi connectivity index (χ3n) is 3.17. The average molecular weight is 312 g/mol. The van der Waals surface area contributed by atoms with Crippen molar-refractivity contribution < 1.29 is 14.3 Å². The number of amides is 1. The summed E-state index contributed by atoms with van der Waals surface area (Å²) < 4.78 is 5.15. The highest BCUT2D eigenvalue weighted by Crippen LogP contribution is 2.22. The van der Waals surface area contributed by atoms with Gasteiger partial charge in [0.15, 0.2) is 6.04 Å². The Morgan fingerprint density at radius 3 is 2.17 bits per heavy atom. The molecule has 0 aliphatic rings. The van der Waals surface area contributed by atoms with Gasteiger partial charge in [-0.15, -0.1) is 0 Å². The van der Waals surface area contributed by atoms with Crippen molar-refractivity contribution in [1.29, 1.82) is 0 Å². The molecule has 0 saturated carbocycles. The molecule has 0 saturated heterocycles. The quantitative estimate of drug-likeness (QED) is 0.803. The molecule has 0 aliphatic carbocycles. The van der Waals surface area contributed by atoms with Crippen LogP contribution in [0.1, 0.15) is 25.5 Å². The molecule has 1 atom stereocenters. The molecule has 5 heteroatoms. The second-order valence-electron chi connectivity index (χ2n) is 5.00. The molecule has 0 fully saturated rings. The molecule has 0 bridgehead atoms. The summed E-state index contributed by atoms with van der Waals surface area (Å²) in [6.45, 7) is 3.56. The van der Waals surface area contributed by atoms with E-state index in [0.29, 0.717) is 12.3 Å². The zero-order chi connectivity index (χ0) is 16.7.